The molecule has 0 atom stereocenters. The molecule has 0 aliphatic carbocycles. The van der Waals surface area contributed by atoms with Gasteiger partial charge in [-0.15, -0.1) is 0 Å². The first-order valence-corrected chi connectivity index (χ1v) is 10.4. The molecule has 30 heavy (non-hydrogen) atoms. The lowest BCUT2D eigenvalue weighted by Crippen LogP contribution is -2.12. The summed E-state index contributed by atoms with van der Waals surface area (Å²) < 4.78 is 22.5. The van der Waals surface area contributed by atoms with E-state index < -0.39 is 6.16 Å². The van der Waals surface area contributed by atoms with Crippen LogP contribution in [0.3, 0.4) is 0 Å². The third kappa shape index (κ3) is 3.98. The average molecular weight is 415 g/mol. The van der Waals surface area contributed by atoms with Crippen LogP contribution < -0.4 is 14.2 Å². The predicted molar refractivity (Wildman–Crippen MR) is 120 cm³/mol. The molecule has 0 saturated carbocycles. The fourth-order valence-corrected chi connectivity index (χ4v) is 4.11. The van der Waals surface area contributed by atoms with Gasteiger partial charge in [-0.05, 0) is 87.8 Å². The van der Waals surface area contributed by atoms with Crippen LogP contribution in [0.5, 0.6) is 23.0 Å². The van der Waals surface area contributed by atoms with Gasteiger partial charge in [-0.2, -0.15) is 0 Å². The van der Waals surface area contributed by atoms with Crippen molar-refractivity contribution in [2.24, 2.45) is 0 Å². The summed E-state index contributed by atoms with van der Waals surface area (Å²) in [5.74, 6) is 3.15. The normalized spacial score (nSPS) is 10.7. The van der Waals surface area contributed by atoms with E-state index >= 15 is 0 Å². The zero-order valence-electron chi connectivity index (χ0n) is 20.0. The Kier molecular flexibility index (Phi) is 7.40. The van der Waals surface area contributed by atoms with E-state index in [2.05, 4.69) is 27.7 Å². The third-order valence-electron chi connectivity index (χ3n) is 6.09. The number of carbonyl (C=O) groups is 1. The highest BCUT2D eigenvalue weighted by Crippen LogP contribution is 2.44. The minimum Gasteiger partial charge on any atom is -0.496 e. The zero-order valence-corrected chi connectivity index (χ0v) is 20.0. The maximum atomic E-state index is 11.8. The second-order valence-electron chi connectivity index (χ2n) is 7.59. The number of hydrogen-bond donors (Lipinski definition) is 0. The van der Waals surface area contributed by atoms with E-state index in [9.17, 15) is 4.79 Å². The molecule has 0 spiro atoms. The van der Waals surface area contributed by atoms with Crippen molar-refractivity contribution in [1.82, 2.24) is 0 Å². The van der Waals surface area contributed by atoms with Gasteiger partial charge >= 0.3 is 6.16 Å². The molecule has 0 aliphatic rings. The molecule has 5 heteroatoms. The van der Waals surface area contributed by atoms with Crippen LogP contribution in [0.2, 0.25) is 0 Å². The summed E-state index contributed by atoms with van der Waals surface area (Å²) in [6, 6.07) is 0. The van der Waals surface area contributed by atoms with Crippen molar-refractivity contribution in [3.05, 3.63) is 44.5 Å². The average Bonchev–Trinajstić information content (AvgIpc) is 2.73. The van der Waals surface area contributed by atoms with Crippen LogP contribution in [0.15, 0.2) is 0 Å². The van der Waals surface area contributed by atoms with Crippen LogP contribution in [0.25, 0.3) is 0 Å². The first-order valence-electron chi connectivity index (χ1n) is 10.4. The first-order chi connectivity index (χ1) is 14.1. The number of hydrogen-bond acceptors (Lipinski definition) is 5. The van der Waals surface area contributed by atoms with Crippen LogP contribution in [0, 0.1) is 41.5 Å². The second-order valence-corrected chi connectivity index (χ2v) is 7.59. The highest BCUT2D eigenvalue weighted by molar-refractivity contribution is 5.69. The van der Waals surface area contributed by atoms with Crippen LogP contribution in [0.1, 0.15) is 58.4 Å². The zero-order chi connectivity index (χ0) is 22.7. The van der Waals surface area contributed by atoms with Crippen LogP contribution in [-0.2, 0) is 17.6 Å². The molecular formula is C25H34O5. The molecular weight excluding hydrogens is 380 g/mol. The molecule has 0 bridgehead atoms. The first kappa shape index (κ1) is 23.6. The van der Waals surface area contributed by atoms with Crippen molar-refractivity contribution in [2.75, 3.05) is 14.2 Å². The lowest BCUT2D eigenvalue weighted by atomic mass is 9.94. The maximum absolute atomic E-state index is 11.8. The van der Waals surface area contributed by atoms with E-state index in [-0.39, 0.29) is 0 Å². The van der Waals surface area contributed by atoms with Gasteiger partial charge in [0, 0.05) is 11.1 Å². The van der Waals surface area contributed by atoms with E-state index in [0.717, 1.165) is 68.2 Å². The lowest BCUT2D eigenvalue weighted by Gasteiger charge is -2.24. The summed E-state index contributed by atoms with van der Waals surface area (Å²) in [7, 11) is 3.02. The number of ether oxygens (including phenoxy) is 4. The number of rotatable bonds is 6. The molecule has 0 aliphatic heterocycles. The van der Waals surface area contributed by atoms with Crippen LogP contribution in [-0.4, -0.2) is 20.4 Å². The van der Waals surface area contributed by atoms with Crippen molar-refractivity contribution in [3.8, 4) is 23.0 Å². The summed E-state index contributed by atoms with van der Waals surface area (Å²) in [6.07, 6.45) is 0.843. The minimum absolute atomic E-state index is 0.556. The van der Waals surface area contributed by atoms with Gasteiger partial charge < -0.3 is 18.9 Å². The highest BCUT2D eigenvalue weighted by Gasteiger charge is 2.24. The molecule has 5 nitrogen and oxygen atoms in total. The van der Waals surface area contributed by atoms with Gasteiger partial charge in [0.2, 0.25) is 0 Å². The standard InChI is InChI=1S/C25H34O5/c1-11-19-17(7)21(13(3)15(5)23(19)27-9)29-22-14(4)16(6)24(30-25(26)28-10)20(12-2)18(22)8/h11-12H2,1-10H3. The lowest BCUT2D eigenvalue weighted by molar-refractivity contribution is 0.120. The minimum atomic E-state index is -0.717. The number of methoxy groups -OCH3 is 2. The summed E-state index contributed by atoms with van der Waals surface area (Å²) in [6.45, 7) is 16.3. The van der Waals surface area contributed by atoms with Gasteiger partial charge in [0.05, 0.1) is 14.2 Å². The Balaban J connectivity index is 2.72. The molecule has 0 amide bonds. The molecule has 2 aromatic carbocycles. The van der Waals surface area contributed by atoms with Crippen molar-refractivity contribution < 1.29 is 23.7 Å². The quantitative estimate of drug-likeness (QED) is 0.393. The van der Waals surface area contributed by atoms with E-state index in [1.54, 1.807) is 7.11 Å². The van der Waals surface area contributed by atoms with E-state index in [1.807, 2.05) is 27.7 Å². The number of carbonyl (C=O) groups excluding carboxylic acids is 1. The maximum Gasteiger partial charge on any atom is 0.513 e. The fraction of sp³-hybridized carbons (Fsp3) is 0.480. The smallest absolute Gasteiger partial charge is 0.496 e. The van der Waals surface area contributed by atoms with Crippen LogP contribution >= 0.6 is 0 Å². The molecule has 164 valence electrons. The molecule has 0 radical (unpaired) electrons. The van der Waals surface area contributed by atoms with Crippen molar-refractivity contribution in [3.63, 3.8) is 0 Å². The second kappa shape index (κ2) is 9.41. The van der Waals surface area contributed by atoms with Crippen molar-refractivity contribution in [2.45, 2.75) is 68.2 Å². The SMILES string of the molecule is CCc1c(C)c(Oc2c(C)c(C)c(OC(=O)OC)c(CC)c2C)c(C)c(C)c1OC. The Morgan fingerprint density at radius 3 is 1.43 bits per heavy atom. The summed E-state index contributed by atoms with van der Waals surface area (Å²) >= 11 is 0. The van der Waals surface area contributed by atoms with Gasteiger partial charge in [0.15, 0.2) is 0 Å². The topological polar surface area (TPSA) is 54.0 Å². The Labute approximate surface area is 180 Å². The highest BCUT2D eigenvalue weighted by atomic mass is 16.7. The Morgan fingerprint density at radius 1 is 0.633 bits per heavy atom. The largest absolute Gasteiger partial charge is 0.513 e. The van der Waals surface area contributed by atoms with Gasteiger partial charge in [0.1, 0.15) is 23.0 Å². The van der Waals surface area contributed by atoms with E-state index in [1.165, 1.54) is 7.11 Å². The fourth-order valence-electron chi connectivity index (χ4n) is 4.11. The molecule has 0 N–H and O–H groups in total. The molecule has 0 saturated heterocycles. The van der Waals surface area contributed by atoms with E-state index in [0.29, 0.717) is 12.2 Å². The summed E-state index contributed by atoms with van der Waals surface area (Å²) in [4.78, 5) is 11.8. The Morgan fingerprint density at radius 2 is 1.03 bits per heavy atom. The van der Waals surface area contributed by atoms with Crippen molar-refractivity contribution >= 4 is 6.16 Å². The van der Waals surface area contributed by atoms with Gasteiger partial charge in [-0.3, -0.25) is 0 Å². The molecule has 2 aromatic rings. The molecule has 0 fully saturated rings. The van der Waals surface area contributed by atoms with Gasteiger partial charge in [0.25, 0.3) is 0 Å². The predicted octanol–water partition coefficient (Wildman–Crippen LogP) is 6.61. The molecule has 0 aromatic heterocycles. The van der Waals surface area contributed by atoms with E-state index in [4.69, 9.17) is 18.9 Å². The molecule has 2 rings (SSSR count). The Bertz CT molecular complexity index is 973. The summed E-state index contributed by atoms with van der Waals surface area (Å²) in [5.41, 5.74) is 8.10. The monoisotopic (exact) mass is 414 g/mol. The van der Waals surface area contributed by atoms with Gasteiger partial charge in [-0.25, -0.2) is 4.79 Å². The van der Waals surface area contributed by atoms with Crippen molar-refractivity contribution in [1.29, 1.82) is 0 Å². The van der Waals surface area contributed by atoms with Gasteiger partial charge in [-0.1, -0.05) is 13.8 Å². The third-order valence-corrected chi connectivity index (χ3v) is 6.09. The molecule has 0 heterocycles. The number of benzene rings is 2. The summed E-state index contributed by atoms with van der Waals surface area (Å²) in [5, 5.41) is 0. The molecule has 0 unspecified atom stereocenters. The Hall–Kier alpha value is -2.69. The van der Waals surface area contributed by atoms with Crippen LogP contribution in [0.4, 0.5) is 4.79 Å².